The summed E-state index contributed by atoms with van der Waals surface area (Å²) in [5.74, 6) is 1.13. The number of nitrogens with zero attached hydrogens (tertiary/aromatic N) is 7. The van der Waals surface area contributed by atoms with Gasteiger partial charge in [0.25, 0.3) is 0 Å². The van der Waals surface area contributed by atoms with Crippen molar-refractivity contribution < 1.29 is 4.74 Å². The van der Waals surface area contributed by atoms with Gasteiger partial charge in [0.2, 0.25) is 0 Å². The number of benzene rings is 1. The quantitative estimate of drug-likeness (QED) is 0.575. The minimum absolute atomic E-state index is 0.359. The lowest BCUT2D eigenvalue weighted by Crippen LogP contribution is -2.24. The zero-order valence-corrected chi connectivity index (χ0v) is 15.1. The number of nitrogens with two attached hydrogens (primary N) is 1. The van der Waals surface area contributed by atoms with Crippen LogP contribution < -0.4 is 10.6 Å². The van der Waals surface area contributed by atoms with Crippen molar-refractivity contribution in [3.8, 4) is 5.69 Å². The van der Waals surface area contributed by atoms with Gasteiger partial charge in [-0.3, -0.25) is 9.47 Å². The maximum atomic E-state index is 5.90. The molecule has 0 saturated heterocycles. The Morgan fingerprint density at radius 1 is 1.11 bits per heavy atom. The molecule has 0 atom stereocenters. The van der Waals surface area contributed by atoms with Crippen molar-refractivity contribution in [1.29, 1.82) is 0 Å². The Morgan fingerprint density at radius 3 is 2.89 bits per heavy atom. The molecule has 0 radical (unpaired) electrons. The zero-order valence-electron chi connectivity index (χ0n) is 14.3. The number of imidazole rings is 1. The molecule has 1 aromatic carbocycles. The van der Waals surface area contributed by atoms with Crippen molar-refractivity contribution >= 4 is 40.2 Å². The van der Waals surface area contributed by atoms with E-state index in [1.807, 2.05) is 21.6 Å². The number of aromatic nitrogens is 6. The SMILES string of the molecule is COCN1c2cc(-n3cnc4c(N)ncnc43)ccc2Sc2nccnc21. The van der Waals surface area contributed by atoms with Crippen molar-refractivity contribution in [2.24, 2.45) is 0 Å². The van der Waals surface area contributed by atoms with Gasteiger partial charge in [0.1, 0.15) is 24.4 Å². The molecular weight excluding hydrogens is 364 g/mol. The Morgan fingerprint density at radius 2 is 2.00 bits per heavy atom. The number of methoxy groups -OCH3 is 1. The van der Waals surface area contributed by atoms with Crippen LogP contribution in [0.5, 0.6) is 0 Å². The monoisotopic (exact) mass is 378 g/mol. The molecule has 1 aliphatic rings. The maximum Gasteiger partial charge on any atom is 0.170 e. The predicted octanol–water partition coefficient (Wildman–Crippen LogP) is 2.39. The molecule has 134 valence electrons. The Labute approximate surface area is 158 Å². The lowest BCUT2D eigenvalue weighted by Gasteiger charge is -2.30. The normalized spacial score (nSPS) is 12.9. The van der Waals surface area contributed by atoms with E-state index >= 15 is 0 Å². The first-order valence-electron chi connectivity index (χ1n) is 8.09. The summed E-state index contributed by atoms with van der Waals surface area (Å²) in [5, 5.41) is 0.850. The molecule has 9 nitrogen and oxygen atoms in total. The Bertz CT molecular complexity index is 1160. The second-order valence-electron chi connectivity index (χ2n) is 5.83. The fourth-order valence-electron chi connectivity index (χ4n) is 3.05. The average Bonchev–Trinajstić information content (AvgIpc) is 3.13. The van der Waals surface area contributed by atoms with Gasteiger partial charge in [0, 0.05) is 24.4 Å². The van der Waals surface area contributed by atoms with Crippen LogP contribution in [0, 0.1) is 0 Å². The molecule has 0 saturated carbocycles. The molecule has 5 rings (SSSR count). The molecule has 0 amide bonds. The van der Waals surface area contributed by atoms with Crippen LogP contribution in [-0.2, 0) is 4.74 Å². The van der Waals surface area contributed by atoms with Gasteiger partial charge in [-0.05, 0) is 18.2 Å². The summed E-state index contributed by atoms with van der Waals surface area (Å²) in [6.07, 6.45) is 6.51. The van der Waals surface area contributed by atoms with Gasteiger partial charge >= 0.3 is 0 Å². The van der Waals surface area contributed by atoms with Crippen LogP contribution in [0.2, 0.25) is 0 Å². The second kappa shape index (κ2) is 6.18. The van der Waals surface area contributed by atoms with Crippen LogP contribution in [0.1, 0.15) is 0 Å². The molecule has 2 N–H and O–H groups in total. The molecular formula is C17H14N8OS. The van der Waals surface area contributed by atoms with Crippen LogP contribution in [0.25, 0.3) is 16.9 Å². The summed E-state index contributed by atoms with van der Waals surface area (Å²) in [5.41, 5.74) is 9.03. The van der Waals surface area contributed by atoms with Gasteiger partial charge in [-0.1, -0.05) is 11.8 Å². The standard InChI is InChI=1S/C17H14N8OS/c1-26-9-25-11-6-10(24-8-23-13-14(18)21-7-22-15(13)24)2-3-12(11)27-17-16(25)19-4-5-20-17/h2-8H,9H2,1H3,(H2,18,21,22). The fourth-order valence-corrected chi connectivity index (χ4v) is 4.03. The van der Waals surface area contributed by atoms with E-state index in [1.165, 1.54) is 6.33 Å². The molecule has 4 heterocycles. The summed E-state index contributed by atoms with van der Waals surface area (Å²) in [4.78, 5) is 24.6. The Kier molecular flexibility index (Phi) is 3.66. The highest BCUT2D eigenvalue weighted by atomic mass is 32.2. The first-order valence-corrected chi connectivity index (χ1v) is 8.91. The molecule has 3 aromatic heterocycles. The molecule has 27 heavy (non-hydrogen) atoms. The Hall–Kier alpha value is -3.24. The molecule has 0 spiro atoms. The smallest absolute Gasteiger partial charge is 0.170 e. The maximum absolute atomic E-state index is 5.90. The third-order valence-electron chi connectivity index (χ3n) is 4.24. The van der Waals surface area contributed by atoms with Gasteiger partial charge in [-0.2, -0.15) is 0 Å². The molecule has 4 aromatic rings. The molecule has 1 aliphatic heterocycles. The lowest BCUT2D eigenvalue weighted by molar-refractivity contribution is 0.205. The summed E-state index contributed by atoms with van der Waals surface area (Å²) in [6, 6.07) is 6.11. The number of hydrogen-bond acceptors (Lipinski definition) is 9. The lowest BCUT2D eigenvalue weighted by atomic mass is 10.2. The summed E-state index contributed by atoms with van der Waals surface area (Å²) in [6.45, 7) is 0.364. The number of rotatable bonds is 3. The molecule has 10 heteroatoms. The van der Waals surface area contributed by atoms with E-state index in [1.54, 1.807) is 37.6 Å². The van der Waals surface area contributed by atoms with E-state index in [0.29, 0.717) is 23.7 Å². The van der Waals surface area contributed by atoms with Crippen LogP contribution in [0.15, 0.2) is 53.2 Å². The van der Waals surface area contributed by atoms with E-state index < -0.39 is 0 Å². The molecule has 0 fully saturated rings. The van der Waals surface area contributed by atoms with Crippen molar-refractivity contribution in [2.75, 3.05) is 24.5 Å². The predicted molar refractivity (Wildman–Crippen MR) is 101 cm³/mol. The topological polar surface area (TPSA) is 108 Å². The van der Waals surface area contributed by atoms with Crippen LogP contribution in [0.3, 0.4) is 0 Å². The van der Waals surface area contributed by atoms with Crippen molar-refractivity contribution in [3.63, 3.8) is 0 Å². The van der Waals surface area contributed by atoms with E-state index in [0.717, 1.165) is 27.1 Å². The highest BCUT2D eigenvalue weighted by molar-refractivity contribution is 7.99. The highest BCUT2D eigenvalue weighted by Gasteiger charge is 2.26. The van der Waals surface area contributed by atoms with Crippen LogP contribution >= 0.6 is 11.8 Å². The van der Waals surface area contributed by atoms with E-state index in [9.17, 15) is 0 Å². The van der Waals surface area contributed by atoms with Crippen molar-refractivity contribution in [1.82, 2.24) is 29.5 Å². The number of ether oxygens (including phenoxy) is 1. The van der Waals surface area contributed by atoms with Gasteiger partial charge in [-0.25, -0.2) is 24.9 Å². The first-order chi connectivity index (χ1) is 13.3. The fraction of sp³-hybridized carbons (Fsp3) is 0.118. The number of hydrogen-bond donors (Lipinski definition) is 1. The minimum atomic E-state index is 0.359. The molecule has 0 bridgehead atoms. The summed E-state index contributed by atoms with van der Waals surface area (Å²) in [7, 11) is 1.66. The van der Waals surface area contributed by atoms with E-state index in [-0.39, 0.29) is 0 Å². The van der Waals surface area contributed by atoms with E-state index in [4.69, 9.17) is 10.5 Å². The zero-order chi connectivity index (χ0) is 18.4. The molecule has 0 aliphatic carbocycles. The first kappa shape index (κ1) is 16.0. The highest BCUT2D eigenvalue weighted by Crippen LogP contribution is 2.46. The number of fused-ring (bicyclic) bond motifs is 3. The van der Waals surface area contributed by atoms with E-state index in [2.05, 4.69) is 31.0 Å². The summed E-state index contributed by atoms with van der Waals surface area (Å²) < 4.78 is 7.29. The third kappa shape index (κ3) is 2.49. The average molecular weight is 378 g/mol. The third-order valence-corrected chi connectivity index (χ3v) is 5.29. The van der Waals surface area contributed by atoms with Crippen molar-refractivity contribution in [2.45, 2.75) is 9.92 Å². The largest absolute Gasteiger partial charge is 0.382 e. The van der Waals surface area contributed by atoms with Gasteiger partial charge in [0.05, 0.1) is 11.4 Å². The van der Waals surface area contributed by atoms with Gasteiger partial charge in [0.15, 0.2) is 22.8 Å². The van der Waals surface area contributed by atoms with Crippen molar-refractivity contribution in [3.05, 3.63) is 43.2 Å². The van der Waals surface area contributed by atoms with Crippen LogP contribution in [0.4, 0.5) is 17.3 Å². The number of anilines is 3. The number of nitrogen functional groups attached to an aromatic ring is 1. The molecule has 0 unspecified atom stereocenters. The summed E-state index contributed by atoms with van der Waals surface area (Å²) >= 11 is 1.58. The Balaban J connectivity index is 1.66. The second-order valence-corrected chi connectivity index (χ2v) is 6.86. The van der Waals surface area contributed by atoms with Crippen LogP contribution in [-0.4, -0.2) is 43.3 Å². The van der Waals surface area contributed by atoms with Gasteiger partial charge in [-0.15, -0.1) is 0 Å². The van der Waals surface area contributed by atoms with Gasteiger partial charge < -0.3 is 10.5 Å². The minimum Gasteiger partial charge on any atom is -0.382 e.